The fraction of sp³-hybridized carbons (Fsp3) is 0.250. The highest BCUT2D eigenvalue weighted by atomic mass is 16.6. The van der Waals surface area contributed by atoms with Crippen LogP contribution in [-0.2, 0) is 0 Å². The molecule has 60 valence electrons. The van der Waals surface area contributed by atoms with Crippen molar-refractivity contribution in [1.82, 2.24) is 0 Å². The van der Waals surface area contributed by atoms with Crippen molar-refractivity contribution in [3.05, 3.63) is 46.7 Å². The molecule has 3 nitrogen and oxygen atoms in total. The van der Waals surface area contributed by atoms with Gasteiger partial charge in [-0.1, -0.05) is 25.2 Å². The number of hydrogen-bond acceptors (Lipinski definition) is 2. The average molecular weight is 153 g/mol. The molecule has 0 saturated carbocycles. The van der Waals surface area contributed by atoms with E-state index < -0.39 is 4.92 Å². The van der Waals surface area contributed by atoms with Gasteiger partial charge in [0, 0.05) is 6.08 Å². The monoisotopic (exact) mass is 153 g/mol. The van der Waals surface area contributed by atoms with E-state index in [1.54, 1.807) is 12.2 Å². The summed E-state index contributed by atoms with van der Waals surface area (Å²) in [5.41, 5.74) is -0.0919. The average Bonchev–Trinajstić information content (AvgIpc) is 1.97. The van der Waals surface area contributed by atoms with E-state index >= 15 is 0 Å². The molecule has 11 heavy (non-hydrogen) atoms. The van der Waals surface area contributed by atoms with Crippen molar-refractivity contribution >= 4 is 0 Å². The van der Waals surface area contributed by atoms with Crippen molar-refractivity contribution < 1.29 is 4.92 Å². The first-order valence-electron chi connectivity index (χ1n) is 3.35. The SMILES string of the molecule is C=C(/C=C\C=C/CC)[N+](=O)[O-]. The minimum atomic E-state index is -0.518. The van der Waals surface area contributed by atoms with Gasteiger partial charge in [-0.2, -0.15) is 0 Å². The largest absolute Gasteiger partial charge is 0.262 e. The first kappa shape index (κ1) is 9.62. The summed E-state index contributed by atoms with van der Waals surface area (Å²) in [5.74, 6) is 0. The third-order valence-corrected chi connectivity index (χ3v) is 1.01. The van der Waals surface area contributed by atoms with Gasteiger partial charge >= 0.3 is 0 Å². The van der Waals surface area contributed by atoms with Crippen molar-refractivity contribution in [3.8, 4) is 0 Å². The van der Waals surface area contributed by atoms with Crippen LogP contribution < -0.4 is 0 Å². The first-order valence-corrected chi connectivity index (χ1v) is 3.35. The van der Waals surface area contributed by atoms with Crippen molar-refractivity contribution in [2.45, 2.75) is 13.3 Å². The molecule has 0 aliphatic rings. The Labute approximate surface area is 65.9 Å². The summed E-state index contributed by atoms with van der Waals surface area (Å²) in [5, 5.41) is 9.99. The second kappa shape index (κ2) is 5.41. The lowest BCUT2D eigenvalue weighted by Crippen LogP contribution is -1.91. The second-order valence-electron chi connectivity index (χ2n) is 1.94. The topological polar surface area (TPSA) is 43.1 Å². The zero-order valence-corrected chi connectivity index (χ0v) is 6.49. The third-order valence-electron chi connectivity index (χ3n) is 1.01. The summed E-state index contributed by atoms with van der Waals surface area (Å²) in [7, 11) is 0. The highest BCUT2D eigenvalue weighted by molar-refractivity contribution is 5.13. The van der Waals surface area contributed by atoms with E-state index in [2.05, 4.69) is 6.58 Å². The Balaban J connectivity index is 3.84. The smallest absolute Gasteiger partial charge is 0.258 e. The molecule has 0 aromatic heterocycles. The Morgan fingerprint density at radius 1 is 1.64 bits per heavy atom. The molecular weight excluding hydrogens is 142 g/mol. The Morgan fingerprint density at radius 2 is 2.27 bits per heavy atom. The van der Waals surface area contributed by atoms with Crippen LogP contribution in [0.3, 0.4) is 0 Å². The molecule has 0 N–H and O–H groups in total. The summed E-state index contributed by atoms with van der Waals surface area (Å²) in [4.78, 5) is 9.48. The lowest BCUT2D eigenvalue weighted by atomic mass is 10.3. The van der Waals surface area contributed by atoms with Crippen LogP contribution >= 0.6 is 0 Å². The predicted octanol–water partition coefficient (Wildman–Crippen LogP) is 2.30. The number of allylic oxidation sites excluding steroid dienone is 4. The minimum Gasteiger partial charge on any atom is -0.258 e. The molecule has 0 amide bonds. The van der Waals surface area contributed by atoms with Crippen LogP contribution in [-0.4, -0.2) is 4.92 Å². The zero-order chi connectivity index (χ0) is 8.69. The summed E-state index contributed by atoms with van der Waals surface area (Å²) in [6.45, 7) is 5.22. The zero-order valence-electron chi connectivity index (χ0n) is 6.49. The molecule has 0 spiro atoms. The van der Waals surface area contributed by atoms with Gasteiger partial charge in [0.15, 0.2) is 0 Å². The molecular formula is C8H11NO2. The Morgan fingerprint density at radius 3 is 2.73 bits per heavy atom. The number of hydrogen-bond donors (Lipinski definition) is 0. The van der Waals surface area contributed by atoms with Crippen molar-refractivity contribution in [2.24, 2.45) is 0 Å². The molecule has 0 atom stereocenters. The number of nitrogens with zero attached hydrogens (tertiary/aromatic N) is 1. The molecule has 0 bridgehead atoms. The molecule has 0 aliphatic carbocycles. The number of rotatable bonds is 4. The van der Waals surface area contributed by atoms with Crippen molar-refractivity contribution in [2.75, 3.05) is 0 Å². The Kier molecular flexibility index (Phi) is 4.73. The van der Waals surface area contributed by atoms with Gasteiger partial charge in [0.25, 0.3) is 5.70 Å². The van der Waals surface area contributed by atoms with Gasteiger partial charge in [-0.25, -0.2) is 0 Å². The van der Waals surface area contributed by atoms with E-state index in [-0.39, 0.29) is 5.70 Å². The van der Waals surface area contributed by atoms with Crippen LogP contribution in [0.1, 0.15) is 13.3 Å². The van der Waals surface area contributed by atoms with Crippen LogP contribution in [0, 0.1) is 10.1 Å². The maximum absolute atomic E-state index is 9.99. The quantitative estimate of drug-likeness (QED) is 0.353. The third kappa shape index (κ3) is 5.08. The van der Waals surface area contributed by atoms with E-state index in [4.69, 9.17) is 0 Å². The van der Waals surface area contributed by atoms with Gasteiger partial charge in [0.1, 0.15) is 0 Å². The second-order valence-corrected chi connectivity index (χ2v) is 1.94. The Hall–Kier alpha value is -1.38. The number of nitro groups is 1. The van der Waals surface area contributed by atoms with Crippen LogP contribution in [0.25, 0.3) is 0 Å². The van der Waals surface area contributed by atoms with E-state index in [0.29, 0.717) is 0 Å². The molecule has 0 heterocycles. The lowest BCUT2D eigenvalue weighted by molar-refractivity contribution is -0.418. The van der Waals surface area contributed by atoms with Crippen molar-refractivity contribution in [3.63, 3.8) is 0 Å². The Bertz CT molecular complexity index is 204. The van der Waals surface area contributed by atoms with Gasteiger partial charge < -0.3 is 0 Å². The van der Waals surface area contributed by atoms with E-state index in [9.17, 15) is 10.1 Å². The molecule has 0 aromatic carbocycles. The first-order chi connectivity index (χ1) is 5.18. The molecule has 0 saturated heterocycles. The van der Waals surface area contributed by atoms with E-state index in [0.717, 1.165) is 6.42 Å². The van der Waals surface area contributed by atoms with Gasteiger partial charge in [0.05, 0.1) is 4.92 Å². The highest BCUT2D eigenvalue weighted by Crippen LogP contribution is 1.93. The van der Waals surface area contributed by atoms with E-state index in [1.807, 2.05) is 13.0 Å². The lowest BCUT2D eigenvalue weighted by Gasteiger charge is -1.83. The predicted molar refractivity (Wildman–Crippen MR) is 44.7 cm³/mol. The molecule has 0 radical (unpaired) electrons. The van der Waals surface area contributed by atoms with E-state index in [1.165, 1.54) is 6.08 Å². The van der Waals surface area contributed by atoms with Gasteiger partial charge in [-0.3, -0.25) is 10.1 Å². The minimum absolute atomic E-state index is 0.0919. The van der Waals surface area contributed by atoms with Gasteiger partial charge in [-0.15, -0.1) is 0 Å². The molecule has 0 unspecified atom stereocenters. The van der Waals surface area contributed by atoms with Gasteiger partial charge in [0.2, 0.25) is 0 Å². The van der Waals surface area contributed by atoms with Crippen LogP contribution in [0.5, 0.6) is 0 Å². The fourth-order valence-corrected chi connectivity index (χ4v) is 0.442. The summed E-state index contributed by atoms with van der Waals surface area (Å²) in [6, 6.07) is 0. The summed E-state index contributed by atoms with van der Waals surface area (Å²) >= 11 is 0. The van der Waals surface area contributed by atoms with Crippen molar-refractivity contribution in [1.29, 1.82) is 0 Å². The molecule has 0 rings (SSSR count). The fourth-order valence-electron chi connectivity index (χ4n) is 0.442. The normalized spacial score (nSPS) is 11.0. The summed E-state index contributed by atoms with van der Waals surface area (Å²) < 4.78 is 0. The van der Waals surface area contributed by atoms with Crippen LogP contribution in [0.15, 0.2) is 36.6 Å². The molecule has 3 heteroatoms. The summed E-state index contributed by atoms with van der Waals surface area (Å²) in [6.07, 6.45) is 7.56. The standard InChI is InChI=1S/C8H11NO2/c1-3-4-5-6-7-8(2)9(10)11/h4-7H,2-3H2,1H3/b5-4-,7-6-. The molecule has 0 aliphatic heterocycles. The van der Waals surface area contributed by atoms with Crippen LogP contribution in [0.4, 0.5) is 0 Å². The van der Waals surface area contributed by atoms with Gasteiger partial charge in [-0.05, 0) is 13.0 Å². The molecule has 0 aromatic rings. The van der Waals surface area contributed by atoms with Crippen LogP contribution in [0.2, 0.25) is 0 Å². The highest BCUT2D eigenvalue weighted by Gasteiger charge is 1.96. The maximum atomic E-state index is 9.99. The molecule has 0 fully saturated rings. The maximum Gasteiger partial charge on any atom is 0.262 e.